The standard InChI is InChI=1S/C30H44O5/c1-2-3-4-7-23(31)11-12-25-26-17-24(32)16-22(26)15-21-6-5-8-27(30(21)25)34-18-29(33)35-28-14-19-9-10-20(28)13-19/h5-6,8,19-20,22-26,28,31-32H,2-4,7,9-18H2,1H3. The Morgan fingerprint density at radius 2 is 1.97 bits per heavy atom. The minimum atomic E-state index is -0.276. The first kappa shape index (κ1) is 25.1. The number of hydrogen-bond acceptors (Lipinski definition) is 5. The fourth-order valence-corrected chi connectivity index (χ4v) is 7.84. The van der Waals surface area contributed by atoms with E-state index in [-0.39, 0.29) is 36.8 Å². The summed E-state index contributed by atoms with van der Waals surface area (Å²) in [7, 11) is 0. The van der Waals surface area contributed by atoms with Crippen LogP contribution in [0.2, 0.25) is 0 Å². The topological polar surface area (TPSA) is 76.0 Å². The highest BCUT2D eigenvalue weighted by Gasteiger charge is 2.44. The Balaban J connectivity index is 1.26. The molecule has 0 amide bonds. The van der Waals surface area contributed by atoms with Crippen LogP contribution in [0.15, 0.2) is 18.2 Å². The van der Waals surface area contributed by atoms with Crippen LogP contribution in [-0.4, -0.2) is 41.1 Å². The van der Waals surface area contributed by atoms with Gasteiger partial charge in [0.15, 0.2) is 6.61 Å². The van der Waals surface area contributed by atoms with Crippen molar-refractivity contribution in [1.82, 2.24) is 0 Å². The van der Waals surface area contributed by atoms with Gasteiger partial charge in [0.1, 0.15) is 11.9 Å². The summed E-state index contributed by atoms with van der Waals surface area (Å²) in [5.74, 6) is 2.97. The van der Waals surface area contributed by atoms with Gasteiger partial charge in [-0.15, -0.1) is 0 Å². The second-order valence-corrected chi connectivity index (χ2v) is 11.9. The number of aliphatic hydroxyl groups excluding tert-OH is 2. The minimum absolute atomic E-state index is 0.0482. The highest BCUT2D eigenvalue weighted by molar-refractivity contribution is 5.71. The second-order valence-electron chi connectivity index (χ2n) is 11.9. The number of rotatable bonds is 11. The first-order valence-corrected chi connectivity index (χ1v) is 14.3. The van der Waals surface area contributed by atoms with Crippen molar-refractivity contribution in [1.29, 1.82) is 0 Å². The van der Waals surface area contributed by atoms with Crippen LogP contribution in [-0.2, 0) is 16.0 Å². The van der Waals surface area contributed by atoms with Crippen LogP contribution < -0.4 is 4.74 Å². The van der Waals surface area contributed by atoms with Gasteiger partial charge in [0.25, 0.3) is 0 Å². The molecule has 8 atom stereocenters. The quantitative estimate of drug-likeness (QED) is 0.318. The number of hydrogen-bond donors (Lipinski definition) is 2. The van der Waals surface area contributed by atoms with Gasteiger partial charge in [-0.25, -0.2) is 4.79 Å². The van der Waals surface area contributed by atoms with E-state index < -0.39 is 0 Å². The van der Waals surface area contributed by atoms with E-state index in [4.69, 9.17) is 9.47 Å². The highest BCUT2D eigenvalue weighted by atomic mass is 16.6. The molecule has 0 aliphatic heterocycles. The van der Waals surface area contributed by atoms with Gasteiger partial charge in [-0.3, -0.25) is 0 Å². The Labute approximate surface area is 210 Å². The van der Waals surface area contributed by atoms with Crippen molar-refractivity contribution in [2.24, 2.45) is 23.7 Å². The summed E-state index contributed by atoms with van der Waals surface area (Å²) in [5, 5.41) is 21.1. The zero-order valence-electron chi connectivity index (χ0n) is 21.4. The molecular weight excluding hydrogens is 440 g/mol. The Hall–Kier alpha value is -1.59. The molecule has 0 radical (unpaired) electrons. The zero-order chi connectivity index (χ0) is 24.4. The van der Waals surface area contributed by atoms with Crippen molar-refractivity contribution < 1.29 is 24.5 Å². The van der Waals surface area contributed by atoms with Gasteiger partial charge >= 0.3 is 5.97 Å². The molecule has 3 saturated carbocycles. The molecule has 4 aliphatic rings. The lowest BCUT2D eigenvalue weighted by molar-refractivity contribution is -0.153. The monoisotopic (exact) mass is 484 g/mol. The summed E-state index contributed by atoms with van der Waals surface area (Å²) in [6, 6.07) is 6.19. The summed E-state index contributed by atoms with van der Waals surface area (Å²) in [6.07, 6.45) is 12.8. The third-order valence-corrected chi connectivity index (χ3v) is 9.50. The Morgan fingerprint density at radius 3 is 2.74 bits per heavy atom. The number of benzene rings is 1. The summed E-state index contributed by atoms with van der Waals surface area (Å²) in [6.45, 7) is 2.14. The summed E-state index contributed by atoms with van der Waals surface area (Å²) in [4.78, 5) is 12.7. The molecule has 5 nitrogen and oxygen atoms in total. The number of fused-ring (bicyclic) bond motifs is 4. The normalized spacial score (nSPS) is 33.9. The predicted octanol–water partition coefficient (Wildman–Crippen LogP) is 5.55. The van der Waals surface area contributed by atoms with E-state index in [9.17, 15) is 15.0 Å². The van der Waals surface area contributed by atoms with E-state index in [1.165, 1.54) is 30.4 Å². The average Bonchev–Trinajstić information content (AvgIpc) is 3.55. The van der Waals surface area contributed by atoms with Gasteiger partial charge in [0.2, 0.25) is 0 Å². The fourth-order valence-electron chi connectivity index (χ4n) is 7.84. The van der Waals surface area contributed by atoms with Gasteiger partial charge in [0, 0.05) is 5.56 Å². The van der Waals surface area contributed by atoms with Crippen molar-refractivity contribution in [3.8, 4) is 5.75 Å². The average molecular weight is 485 g/mol. The van der Waals surface area contributed by atoms with E-state index in [2.05, 4.69) is 13.0 Å². The molecule has 0 heterocycles. The van der Waals surface area contributed by atoms with Crippen molar-refractivity contribution in [2.45, 2.75) is 115 Å². The molecule has 4 aliphatic carbocycles. The highest BCUT2D eigenvalue weighted by Crippen LogP contribution is 2.52. The maximum Gasteiger partial charge on any atom is 0.344 e. The number of ether oxygens (including phenoxy) is 2. The molecule has 35 heavy (non-hydrogen) atoms. The van der Waals surface area contributed by atoms with Crippen LogP contribution in [0.1, 0.15) is 101 Å². The lowest BCUT2D eigenvalue weighted by Crippen LogP contribution is -2.29. The number of unbranched alkanes of at least 4 members (excludes halogenated alkanes) is 2. The van der Waals surface area contributed by atoms with Crippen molar-refractivity contribution in [2.75, 3.05) is 6.61 Å². The van der Waals surface area contributed by atoms with Crippen LogP contribution in [0.4, 0.5) is 0 Å². The minimum Gasteiger partial charge on any atom is -0.482 e. The Bertz CT molecular complexity index is 868. The van der Waals surface area contributed by atoms with Gasteiger partial charge in [-0.05, 0) is 105 Å². The smallest absolute Gasteiger partial charge is 0.344 e. The number of carbonyl (C=O) groups excluding carboxylic acids is 1. The third kappa shape index (κ3) is 5.72. The maximum absolute atomic E-state index is 12.7. The van der Waals surface area contributed by atoms with Crippen molar-refractivity contribution in [3.63, 3.8) is 0 Å². The molecule has 0 spiro atoms. The Kier molecular flexibility index (Phi) is 8.03. The lowest BCUT2D eigenvalue weighted by Gasteiger charge is -2.37. The van der Waals surface area contributed by atoms with Crippen LogP contribution in [0.3, 0.4) is 0 Å². The van der Waals surface area contributed by atoms with Crippen molar-refractivity contribution in [3.05, 3.63) is 29.3 Å². The first-order chi connectivity index (χ1) is 17.0. The third-order valence-electron chi connectivity index (χ3n) is 9.50. The first-order valence-electron chi connectivity index (χ1n) is 14.3. The number of aliphatic hydroxyl groups is 2. The van der Waals surface area contributed by atoms with Crippen LogP contribution in [0, 0.1) is 23.7 Å². The predicted molar refractivity (Wildman–Crippen MR) is 135 cm³/mol. The fraction of sp³-hybridized carbons (Fsp3) is 0.767. The van der Waals surface area contributed by atoms with E-state index in [0.29, 0.717) is 17.8 Å². The van der Waals surface area contributed by atoms with Crippen LogP contribution in [0.25, 0.3) is 0 Å². The van der Waals surface area contributed by atoms with E-state index >= 15 is 0 Å². The van der Waals surface area contributed by atoms with Gasteiger partial charge < -0.3 is 19.7 Å². The number of carbonyl (C=O) groups is 1. The van der Waals surface area contributed by atoms with E-state index in [1.807, 2.05) is 12.1 Å². The molecule has 3 fully saturated rings. The molecule has 1 aromatic rings. The zero-order valence-corrected chi connectivity index (χ0v) is 21.4. The molecule has 2 bridgehead atoms. The van der Waals surface area contributed by atoms with E-state index in [0.717, 1.165) is 75.9 Å². The molecule has 0 saturated heterocycles. The second kappa shape index (κ2) is 11.2. The largest absolute Gasteiger partial charge is 0.482 e. The summed E-state index contributed by atoms with van der Waals surface area (Å²) < 4.78 is 12.0. The molecule has 194 valence electrons. The van der Waals surface area contributed by atoms with Gasteiger partial charge in [-0.2, -0.15) is 0 Å². The molecule has 8 unspecified atom stereocenters. The van der Waals surface area contributed by atoms with Crippen LogP contribution in [0.5, 0.6) is 5.75 Å². The SMILES string of the molecule is CCCCCC(O)CCC1c2c(cccc2OCC(=O)OC2CC3CCC2C3)CC2CC(O)CC21. The maximum atomic E-state index is 12.7. The number of esters is 1. The molecular formula is C30H44O5. The summed E-state index contributed by atoms with van der Waals surface area (Å²) in [5.41, 5.74) is 2.49. The van der Waals surface area contributed by atoms with Crippen LogP contribution >= 0.6 is 0 Å². The van der Waals surface area contributed by atoms with Crippen molar-refractivity contribution >= 4 is 5.97 Å². The van der Waals surface area contributed by atoms with E-state index in [1.54, 1.807) is 0 Å². The summed E-state index contributed by atoms with van der Waals surface area (Å²) >= 11 is 0. The van der Waals surface area contributed by atoms with Gasteiger partial charge in [0.05, 0.1) is 12.2 Å². The lowest BCUT2D eigenvalue weighted by atomic mass is 9.68. The molecule has 2 N–H and O–H groups in total. The molecule has 1 aromatic carbocycles. The molecule has 5 rings (SSSR count). The molecule has 5 heteroatoms. The van der Waals surface area contributed by atoms with Gasteiger partial charge in [-0.1, -0.05) is 38.3 Å². The Morgan fingerprint density at radius 1 is 1.09 bits per heavy atom. The molecule has 0 aromatic heterocycles.